The second kappa shape index (κ2) is 9.34. The zero-order valence-corrected chi connectivity index (χ0v) is 18.8. The van der Waals surface area contributed by atoms with Crippen LogP contribution in [0, 0.1) is 0 Å². The van der Waals surface area contributed by atoms with Crippen LogP contribution in [-0.4, -0.2) is 45.2 Å². The number of hydrogen-bond donors (Lipinski definition) is 1. The van der Waals surface area contributed by atoms with Crippen LogP contribution in [0.15, 0.2) is 73.1 Å². The molecule has 3 aromatic heterocycles. The number of benzene rings is 2. The van der Waals surface area contributed by atoms with E-state index < -0.39 is 0 Å². The summed E-state index contributed by atoms with van der Waals surface area (Å²) < 4.78 is 7.70. The number of fused-ring (bicyclic) bond motifs is 3. The van der Waals surface area contributed by atoms with Crippen LogP contribution in [0.1, 0.15) is 24.9 Å². The van der Waals surface area contributed by atoms with Gasteiger partial charge in [0, 0.05) is 23.2 Å². The van der Waals surface area contributed by atoms with Gasteiger partial charge in [-0.3, -0.25) is 4.98 Å². The lowest BCUT2D eigenvalue weighted by Crippen LogP contribution is -2.11. The van der Waals surface area contributed by atoms with Gasteiger partial charge in [0.05, 0.1) is 24.4 Å². The third kappa shape index (κ3) is 4.27. The van der Waals surface area contributed by atoms with Crippen LogP contribution in [0.5, 0.6) is 5.88 Å². The predicted octanol–water partition coefficient (Wildman–Crippen LogP) is 4.64. The molecule has 7 nitrogen and oxygen atoms in total. The Labute approximate surface area is 192 Å². The van der Waals surface area contributed by atoms with Gasteiger partial charge in [-0.05, 0) is 56.3 Å². The summed E-state index contributed by atoms with van der Waals surface area (Å²) in [6, 6.07) is 20.6. The van der Waals surface area contributed by atoms with E-state index in [1.807, 2.05) is 54.3 Å². The molecule has 0 fully saturated rings. The van der Waals surface area contributed by atoms with E-state index in [-0.39, 0.29) is 6.04 Å². The molecule has 0 aliphatic rings. The van der Waals surface area contributed by atoms with E-state index in [4.69, 9.17) is 4.74 Å². The summed E-state index contributed by atoms with van der Waals surface area (Å²) in [5, 5.41) is 13.0. The number of aromatic nitrogens is 5. The molecule has 0 radical (unpaired) electrons. The maximum atomic E-state index is 5.72. The molecule has 0 aliphatic carbocycles. The van der Waals surface area contributed by atoms with Gasteiger partial charge in [0.1, 0.15) is 11.0 Å². The first-order valence-electron chi connectivity index (χ1n) is 11.2. The summed E-state index contributed by atoms with van der Waals surface area (Å²) in [4.78, 5) is 9.08. The van der Waals surface area contributed by atoms with Crippen LogP contribution in [-0.2, 0) is 0 Å². The van der Waals surface area contributed by atoms with Crippen LogP contribution >= 0.6 is 0 Å². The first kappa shape index (κ1) is 21.0. The molecular weight excluding hydrogens is 412 g/mol. The number of pyridine rings is 2. The van der Waals surface area contributed by atoms with Gasteiger partial charge in [-0.1, -0.05) is 41.6 Å². The Kier molecular flexibility index (Phi) is 5.95. The van der Waals surface area contributed by atoms with Gasteiger partial charge in [-0.25, -0.2) is 9.67 Å². The van der Waals surface area contributed by atoms with Crippen LogP contribution in [0.4, 0.5) is 0 Å². The molecule has 0 spiro atoms. The summed E-state index contributed by atoms with van der Waals surface area (Å²) in [6.07, 6.45) is 4.58. The molecule has 1 atom stereocenters. The van der Waals surface area contributed by atoms with Crippen molar-refractivity contribution in [1.29, 1.82) is 0 Å². The lowest BCUT2D eigenvalue weighted by atomic mass is 10.0. The van der Waals surface area contributed by atoms with E-state index in [0.29, 0.717) is 12.5 Å². The highest BCUT2D eigenvalue weighted by Crippen LogP contribution is 2.30. The van der Waals surface area contributed by atoms with Crippen molar-refractivity contribution >= 4 is 21.9 Å². The number of hydrogen-bond acceptors (Lipinski definition) is 6. The van der Waals surface area contributed by atoms with E-state index >= 15 is 0 Å². The minimum absolute atomic E-state index is 0.0477. The molecule has 0 amide bonds. The average Bonchev–Trinajstić information content (AvgIpc) is 3.31. The smallest absolute Gasteiger partial charge is 0.213 e. The Hall–Kier alpha value is -3.84. The zero-order valence-electron chi connectivity index (χ0n) is 18.8. The molecule has 7 heteroatoms. The predicted molar refractivity (Wildman–Crippen MR) is 130 cm³/mol. The number of nitrogens with one attached hydrogen (secondary N) is 1. The van der Waals surface area contributed by atoms with Crippen molar-refractivity contribution in [2.24, 2.45) is 0 Å². The van der Waals surface area contributed by atoms with E-state index in [1.165, 1.54) is 5.56 Å². The molecule has 2 aromatic carbocycles. The van der Waals surface area contributed by atoms with Crippen molar-refractivity contribution < 1.29 is 4.74 Å². The highest BCUT2D eigenvalue weighted by molar-refractivity contribution is 6.03. The summed E-state index contributed by atoms with van der Waals surface area (Å²) in [5.41, 5.74) is 5.94. The Bertz CT molecular complexity index is 1360. The molecule has 166 valence electrons. The van der Waals surface area contributed by atoms with E-state index in [1.54, 1.807) is 6.20 Å². The molecule has 5 rings (SSSR count). The van der Waals surface area contributed by atoms with E-state index in [0.717, 1.165) is 46.0 Å². The summed E-state index contributed by atoms with van der Waals surface area (Å²) in [5.74, 6) is 0.638. The number of ether oxygens (including phenoxy) is 1. The largest absolute Gasteiger partial charge is 0.478 e. The Morgan fingerprint density at radius 3 is 2.58 bits per heavy atom. The van der Waals surface area contributed by atoms with Crippen molar-refractivity contribution in [3.05, 3.63) is 78.6 Å². The molecule has 0 bridgehead atoms. The Morgan fingerprint density at radius 1 is 0.939 bits per heavy atom. The summed E-state index contributed by atoms with van der Waals surface area (Å²) in [7, 11) is 1.94. The highest BCUT2D eigenvalue weighted by atomic mass is 16.5. The van der Waals surface area contributed by atoms with Gasteiger partial charge in [0.15, 0.2) is 0 Å². The van der Waals surface area contributed by atoms with Crippen molar-refractivity contribution in [2.45, 2.75) is 19.4 Å². The summed E-state index contributed by atoms with van der Waals surface area (Å²) >= 11 is 0. The fourth-order valence-electron chi connectivity index (χ4n) is 4.01. The highest BCUT2D eigenvalue weighted by Gasteiger charge is 2.16. The second-order valence-electron chi connectivity index (χ2n) is 8.04. The van der Waals surface area contributed by atoms with Crippen LogP contribution < -0.4 is 10.1 Å². The molecule has 3 heterocycles. The standard InChI is InChI=1S/C26H26N6O/c1-18(19-7-4-3-5-8-19)32-26-22-15-20(9-11-23(22)28-17-24(26)30-31-32)21-10-12-25(29-16-21)33-14-6-13-27-2/h3-5,7-12,15-18,27H,6,13-14H2,1-2H3/t18-/m1/s1. The zero-order chi connectivity index (χ0) is 22.6. The molecule has 1 N–H and O–H groups in total. The van der Waals surface area contributed by atoms with Crippen molar-refractivity contribution in [1.82, 2.24) is 30.3 Å². The lowest BCUT2D eigenvalue weighted by Gasteiger charge is -2.14. The Morgan fingerprint density at radius 2 is 1.79 bits per heavy atom. The van der Waals surface area contributed by atoms with Gasteiger partial charge < -0.3 is 10.1 Å². The first-order valence-corrected chi connectivity index (χ1v) is 11.2. The van der Waals surface area contributed by atoms with Gasteiger partial charge in [-0.15, -0.1) is 5.10 Å². The molecule has 5 aromatic rings. The van der Waals surface area contributed by atoms with Crippen LogP contribution in [0.2, 0.25) is 0 Å². The van der Waals surface area contributed by atoms with Crippen molar-refractivity contribution in [3.63, 3.8) is 0 Å². The fourth-order valence-corrected chi connectivity index (χ4v) is 4.01. The van der Waals surface area contributed by atoms with Crippen LogP contribution in [0.25, 0.3) is 33.1 Å². The first-order chi connectivity index (χ1) is 16.2. The normalized spacial score (nSPS) is 12.3. The molecule has 33 heavy (non-hydrogen) atoms. The van der Waals surface area contributed by atoms with Gasteiger partial charge >= 0.3 is 0 Å². The van der Waals surface area contributed by atoms with Crippen molar-refractivity contribution in [2.75, 3.05) is 20.2 Å². The quantitative estimate of drug-likeness (QED) is 0.356. The van der Waals surface area contributed by atoms with Gasteiger partial charge in [-0.2, -0.15) is 0 Å². The monoisotopic (exact) mass is 438 g/mol. The SMILES string of the molecule is CNCCCOc1ccc(-c2ccc3ncc4nnn([C@H](C)c5ccccc5)c4c3c2)cn1. The Balaban J connectivity index is 1.50. The minimum Gasteiger partial charge on any atom is -0.478 e. The third-order valence-electron chi connectivity index (χ3n) is 5.84. The maximum absolute atomic E-state index is 5.72. The number of rotatable bonds is 8. The second-order valence-corrected chi connectivity index (χ2v) is 8.04. The molecule has 0 aliphatic heterocycles. The fraction of sp³-hybridized carbons (Fsp3) is 0.231. The third-order valence-corrected chi connectivity index (χ3v) is 5.84. The van der Waals surface area contributed by atoms with E-state index in [2.05, 4.69) is 56.8 Å². The topological polar surface area (TPSA) is 77.8 Å². The summed E-state index contributed by atoms with van der Waals surface area (Å²) in [6.45, 7) is 3.70. The van der Waals surface area contributed by atoms with E-state index in [9.17, 15) is 0 Å². The average molecular weight is 439 g/mol. The maximum Gasteiger partial charge on any atom is 0.213 e. The number of nitrogens with zero attached hydrogens (tertiary/aromatic N) is 5. The minimum atomic E-state index is 0.0477. The van der Waals surface area contributed by atoms with Crippen LogP contribution in [0.3, 0.4) is 0 Å². The lowest BCUT2D eigenvalue weighted by molar-refractivity contribution is 0.298. The molecule has 0 unspecified atom stereocenters. The molecule has 0 saturated carbocycles. The van der Waals surface area contributed by atoms with Gasteiger partial charge in [0.2, 0.25) is 5.88 Å². The molecular formula is C26H26N6O. The molecule has 0 saturated heterocycles. The van der Waals surface area contributed by atoms with Crippen molar-refractivity contribution in [3.8, 4) is 17.0 Å². The van der Waals surface area contributed by atoms with Gasteiger partial charge in [0.25, 0.3) is 0 Å².